The first-order chi connectivity index (χ1) is 13.8. The van der Waals surface area contributed by atoms with E-state index in [1.807, 2.05) is 13.8 Å². The van der Waals surface area contributed by atoms with Crippen molar-refractivity contribution in [3.63, 3.8) is 0 Å². The van der Waals surface area contributed by atoms with Gasteiger partial charge in [-0.3, -0.25) is 0 Å². The van der Waals surface area contributed by atoms with Crippen molar-refractivity contribution in [2.75, 3.05) is 7.11 Å². The number of phenols is 1. The SMILES string of the molecule is COc1cc(C(=O)OCc2cc(=O)oc3cc(O)ccc23)cc(Cl)c1OC(C)C. The first-order valence-corrected chi connectivity index (χ1v) is 9.13. The van der Waals surface area contributed by atoms with E-state index in [2.05, 4.69) is 0 Å². The average Bonchev–Trinajstić information content (AvgIpc) is 2.66. The lowest BCUT2D eigenvalue weighted by Crippen LogP contribution is -2.10. The van der Waals surface area contributed by atoms with E-state index in [1.54, 1.807) is 6.07 Å². The molecular formula is C21H19ClO7. The summed E-state index contributed by atoms with van der Waals surface area (Å²) in [5, 5.41) is 10.3. The Bertz CT molecular complexity index is 1120. The van der Waals surface area contributed by atoms with Gasteiger partial charge in [-0.05, 0) is 38.1 Å². The molecule has 0 atom stereocenters. The third kappa shape index (κ3) is 4.63. The first-order valence-electron chi connectivity index (χ1n) is 8.75. The quantitative estimate of drug-likeness (QED) is 0.470. The van der Waals surface area contributed by atoms with Crippen molar-refractivity contribution in [2.45, 2.75) is 26.6 Å². The highest BCUT2D eigenvalue weighted by molar-refractivity contribution is 6.32. The van der Waals surface area contributed by atoms with Crippen LogP contribution in [0.4, 0.5) is 0 Å². The van der Waals surface area contributed by atoms with E-state index in [0.717, 1.165) is 0 Å². The lowest BCUT2D eigenvalue weighted by Gasteiger charge is -2.16. The van der Waals surface area contributed by atoms with Gasteiger partial charge in [0, 0.05) is 23.1 Å². The van der Waals surface area contributed by atoms with Crippen LogP contribution < -0.4 is 15.1 Å². The van der Waals surface area contributed by atoms with Crippen molar-refractivity contribution in [1.82, 2.24) is 0 Å². The summed E-state index contributed by atoms with van der Waals surface area (Å²) < 4.78 is 21.3. The van der Waals surface area contributed by atoms with Crippen LogP contribution in [0.1, 0.15) is 29.8 Å². The molecule has 1 heterocycles. The minimum Gasteiger partial charge on any atom is -0.508 e. The Morgan fingerprint density at radius 2 is 1.97 bits per heavy atom. The zero-order chi connectivity index (χ0) is 21.1. The summed E-state index contributed by atoms with van der Waals surface area (Å²) in [4.78, 5) is 24.3. The maximum absolute atomic E-state index is 12.5. The second-order valence-electron chi connectivity index (χ2n) is 6.50. The molecule has 29 heavy (non-hydrogen) atoms. The molecule has 0 aliphatic carbocycles. The second kappa shape index (κ2) is 8.45. The molecule has 0 aliphatic rings. The van der Waals surface area contributed by atoms with Crippen LogP contribution in [0.15, 0.2) is 45.6 Å². The van der Waals surface area contributed by atoms with E-state index in [-0.39, 0.29) is 34.6 Å². The number of aromatic hydroxyl groups is 1. The number of rotatable bonds is 6. The number of phenolic OH excluding ortho intramolecular Hbond substituents is 1. The Labute approximate surface area is 171 Å². The van der Waals surface area contributed by atoms with Gasteiger partial charge < -0.3 is 23.7 Å². The zero-order valence-corrected chi connectivity index (χ0v) is 16.8. The molecule has 0 aliphatic heterocycles. The molecule has 2 aromatic carbocycles. The van der Waals surface area contributed by atoms with Crippen molar-refractivity contribution < 1.29 is 28.5 Å². The van der Waals surface area contributed by atoms with Crippen molar-refractivity contribution in [1.29, 1.82) is 0 Å². The first kappa shape index (κ1) is 20.5. The fraction of sp³-hybridized carbons (Fsp3) is 0.238. The summed E-state index contributed by atoms with van der Waals surface area (Å²) in [5.41, 5.74) is 0.202. The van der Waals surface area contributed by atoms with Gasteiger partial charge in [0.05, 0.1) is 23.8 Å². The van der Waals surface area contributed by atoms with Crippen molar-refractivity contribution in [2.24, 2.45) is 0 Å². The van der Waals surface area contributed by atoms with E-state index < -0.39 is 11.6 Å². The maximum atomic E-state index is 12.5. The van der Waals surface area contributed by atoms with Gasteiger partial charge in [0.25, 0.3) is 0 Å². The molecule has 0 spiro atoms. The van der Waals surface area contributed by atoms with Gasteiger partial charge in [0.2, 0.25) is 0 Å². The standard InChI is InChI=1S/C21H19ClO7/c1-11(2)28-20-16(22)6-12(7-18(20)26-3)21(25)27-10-13-8-19(24)29-17-9-14(23)4-5-15(13)17/h4-9,11,23H,10H2,1-3H3. The summed E-state index contributed by atoms with van der Waals surface area (Å²) in [6, 6.07) is 8.49. The smallest absolute Gasteiger partial charge is 0.338 e. The monoisotopic (exact) mass is 418 g/mol. The van der Waals surface area contributed by atoms with E-state index >= 15 is 0 Å². The Balaban J connectivity index is 1.85. The zero-order valence-electron chi connectivity index (χ0n) is 16.0. The molecule has 3 rings (SSSR count). The van der Waals surface area contributed by atoms with Gasteiger partial charge in [-0.2, -0.15) is 0 Å². The Kier molecular flexibility index (Phi) is 5.98. The molecule has 0 fully saturated rings. The van der Waals surface area contributed by atoms with Crippen LogP contribution in [0.2, 0.25) is 5.02 Å². The normalized spacial score (nSPS) is 10.9. The number of halogens is 1. The number of ether oxygens (including phenoxy) is 3. The van der Waals surface area contributed by atoms with Crippen LogP contribution in [0, 0.1) is 0 Å². The topological polar surface area (TPSA) is 95.2 Å². The molecule has 0 bridgehead atoms. The highest BCUT2D eigenvalue weighted by atomic mass is 35.5. The van der Waals surface area contributed by atoms with Gasteiger partial charge in [-0.25, -0.2) is 9.59 Å². The molecule has 1 aromatic heterocycles. The number of hydrogen-bond donors (Lipinski definition) is 1. The van der Waals surface area contributed by atoms with Crippen LogP contribution in [-0.4, -0.2) is 24.3 Å². The molecule has 7 nitrogen and oxygen atoms in total. The number of methoxy groups -OCH3 is 1. The van der Waals surface area contributed by atoms with Gasteiger partial charge in [-0.1, -0.05) is 11.6 Å². The van der Waals surface area contributed by atoms with Crippen LogP contribution in [0.5, 0.6) is 17.2 Å². The minimum absolute atomic E-state index is 0.0414. The summed E-state index contributed by atoms with van der Waals surface area (Å²) in [7, 11) is 1.44. The number of carbonyl (C=O) groups excluding carboxylic acids is 1. The Hall–Kier alpha value is -3.19. The average molecular weight is 419 g/mol. The van der Waals surface area contributed by atoms with Gasteiger partial charge in [-0.15, -0.1) is 0 Å². The third-order valence-electron chi connectivity index (χ3n) is 3.99. The Morgan fingerprint density at radius 3 is 2.66 bits per heavy atom. The molecule has 0 saturated heterocycles. The summed E-state index contributed by atoms with van der Waals surface area (Å²) in [6.45, 7) is 3.52. The van der Waals surface area contributed by atoms with Crippen LogP contribution in [0.25, 0.3) is 11.0 Å². The van der Waals surface area contributed by atoms with E-state index in [1.165, 1.54) is 37.4 Å². The molecule has 0 saturated carbocycles. The Morgan fingerprint density at radius 1 is 1.21 bits per heavy atom. The van der Waals surface area contributed by atoms with Crippen molar-refractivity contribution in [3.8, 4) is 17.2 Å². The molecule has 0 amide bonds. The van der Waals surface area contributed by atoms with Crippen LogP contribution in [-0.2, 0) is 11.3 Å². The molecule has 0 unspecified atom stereocenters. The van der Waals surface area contributed by atoms with Crippen LogP contribution >= 0.6 is 11.6 Å². The fourth-order valence-corrected chi connectivity index (χ4v) is 3.01. The minimum atomic E-state index is -0.651. The molecule has 3 aromatic rings. The molecule has 8 heteroatoms. The predicted octanol–water partition coefficient (Wildman–Crippen LogP) is 4.30. The van der Waals surface area contributed by atoms with E-state index in [0.29, 0.717) is 22.4 Å². The second-order valence-corrected chi connectivity index (χ2v) is 6.91. The number of fused-ring (bicyclic) bond motifs is 1. The van der Waals surface area contributed by atoms with Crippen molar-refractivity contribution >= 4 is 28.5 Å². The maximum Gasteiger partial charge on any atom is 0.338 e. The van der Waals surface area contributed by atoms with Gasteiger partial charge >= 0.3 is 11.6 Å². The highest BCUT2D eigenvalue weighted by Crippen LogP contribution is 2.37. The summed E-state index contributed by atoms with van der Waals surface area (Å²) in [6.07, 6.45) is -0.128. The van der Waals surface area contributed by atoms with Gasteiger partial charge in [0.1, 0.15) is 17.9 Å². The predicted molar refractivity (Wildman–Crippen MR) is 107 cm³/mol. The molecule has 1 N–H and O–H groups in total. The molecule has 0 radical (unpaired) electrons. The highest BCUT2D eigenvalue weighted by Gasteiger charge is 2.18. The largest absolute Gasteiger partial charge is 0.508 e. The lowest BCUT2D eigenvalue weighted by molar-refractivity contribution is 0.0473. The third-order valence-corrected chi connectivity index (χ3v) is 4.27. The number of benzene rings is 2. The molecular weight excluding hydrogens is 400 g/mol. The van der Waals surface area contributed by atoms with Gasteiger partial charge in [0.15, 0.2) is 11.5 Å². The van der Waals surface area contributed by atoms with Crippen molar-refractivity contribution in [3.05, 3.63) is 63.0 Å². The number of carbonyl (C=O) groups is 1. The van der Waals surface area contributed by atoms with Crippen LogP contribution in [0.3, 0.4) is 0 Å². The summed E-state index contributed by atoms with van der Waals surface area (Å²) in [5.74, 6) is -0.0479. The molecule has 152 valence electrons. The number of hydrogen-bond acceptors (Lipinski definition) is 7. The summed E-state index contributed by atoms with van der Waals surface area (Å²) >= 11 is 6.24. The lowest BCUT2D eigenvalue weighted by atomic mass is 10.1. The van der Waals surface area contributed by atoms with E-state index in [4.69, 9.17) is 30.2 Å². The number of esters is 1. The fourth-order valence-electron chi connectivity index (χ4n) is 2.75. The van der Waals surface area contributed by atoms with E-state index in [9.17, 15) is 14.7 Å².